The molecule has 0 aromatic heterocycles. The van der Waals surface area contributed by atoms with Crippen LogP contribution in [0.4, 0.5) is 5.69 Å². The van der Waals surface area contributed by atoms with Crippen LogP contribution in [0, 0.1) is 10.1 Å². The van der Waals surface area contributed by atoms with Crippen LogP contribution in [0.25, 0.3) is 0 Å². The molecule has 0 aliphatic carbocycles. The summed E-state index contributed by atoms with van der Waals surface area (Å²) in [6, 6.07) is 15.4. The molecule has 0 saturated heterocycles. The van der Waals surface area contributed by atoms with Crippen LogP contribution in [0.5, 0.6) is 0 Å². The second kappa shape index (κ2) is 6.96. The average molecular weight is 390 g/mol. The molecule has 1 aliphatic heterocycles. The van der Waals surface area contributed by atoms with Gasteiger partial charge in [0, 0.05) is 0 Å². The third kappa shape index (κ3) is 3.38. The zero-order valence-corrected chi connectivity index (χ0v) is 14.1. The Morgan fingerprint density at radius 1 is 1.12 bits per heavy atom. The third-order valence-electron chi connectivity index (χ3n) is 3.49. The number of ether oxygens (including phenoxy) is 1. The van der Waals surface area contributed by atoms with Crippen LogP contribution in [-0.4, -0.2) is 37.1 Å². The first-order valence-electron chi connectivity index (χ1n) is 7.13. The van der Waals surface area contributed by atoms with Gasteiger partial charge in [0.25, 0.3) is 0 Å². The first-order chi connectivity index (χ1) is 11.6. The molecule has 0 radical (unpaired) electrons. The number of rotatable bonds is 5. The SMILES string of the molecule is O=C1O[C@H]([C@H](O)c2ccccc2[N+](=O)[O-])C=C1[Se]c1ccccc1. The Bertz CT molecular complexity index is 806. The van der Waals surface area contributed by atoms with Gasteiger partial charge in [-0.3, -0.25) is 0 Å². The topological polar surface area (TPSA) is 89.7 Å². The molecule has 1 N–H and O–H groups in total. The molecule has 0 fully saturated rings. The van der Waals surface area contributed by atoms with Crippen molar-refractivity contribution in [2.45, 2.75) is 12.2 Å². The van der Waals surface area contributed by atoms with Crippen molar-refractivity contribution in [2.75, 3.05) is 0 Å². The van der Waals surface area contributed by atoms with Gasteiger partial charge in [0.2, 0.25) is 0 Å². The maximum absolute atomic E-state index is 12.0. The van der Waals surface area contributed by atoms with E-state index < -0.39 is 23.1 Å². The second-order valence-corrected chi connectivity index (χ2v) is 7.42. The summed E-state index contributed by atoms with van der Waals surface area (Å²) in [5, 5.41) is 21.5. The van der Waals surface area contributed by atoms with Gasteiger partial charge in [-0.1, -0.05) is 0 Å². The normalized spacial score (nSPS) is 18.0. The molecule has 0 bridgehead atoms. The summed E-state index contributed by atoms with van der Waals surface area (Å²) in [5.41, 5.74) is -0.0681. The molecule has 1 heterocycles. The standard InChI is InChI=1S/C17H13NO5Se/c19-16(12-8-4-5-9-13(12)18(21)22)14-10-15(17(20)23-14)24-11-6-2-1-3-7-11/h1-10,14,16,19H/t14-,16+/m0/s1. The molecule has 2 aromatic rings. The molecule has 7 heteroatoms. The molecule has 0 unspecified atom stereocenters. The van der Waals surface area contributed by atoms with Crippen LogP contribution >= 0.6 is 0 Å². The van der Waals surface area contributed by atoms with Gasteiger partial charge in [-0.2, -0.15) is 0 Å². The molecule has 2 aromatic carbocycles. The Morgan fingerprint density at radius 3 is 2.50 bits per heavy atom. The Balaban J connectivity index is 1.83. The number of hydrogen-bond acceptors (Lipinski definition) is 5. The van der Waals surface area contributed by atoms with Crippen LogP contribution in [0.1, 0.15) is 11.7 Å². The summed E-state index contributed by atoms with van der Waals surface area (Å²) in [5.74, 6) is -0.485. The fourth-order valence-electron chi connectivity index (χ4n) is 2.36. The quantitative estimate of drug-likeness (QED) is 0.362. The zero-order valence-electron chi connectivity index (χ0n) is 12.4. The van der Waals surface area contributed by atoms with Gasteiger partial charge in [-0.25, -0.2) is 0 Å². The van der Waals surface area contributed by atoms with Crippen molar-refractivity contribution in [1.82, 2.24) is 0 Å². The predicted octanol–water partition coefficient (Wildman–Crippen LogP) is 1.47. The van der Waals surface area contributed by atoms with E-state index in [2.05, 4.69) is 0 Å². The van der Waals surface area contributed by atoms with Gasteiger partial charge in [0.05, 0.1) is 0 Å². The van der Waals surface area contributed by atoms with Crippen molar-refractivity contribution in [3.63, 3.8) is 0 Å². The molecule has 0 amide bonds. The minimum atomic E-state index is -1.28. The Kier molecular flexibility index (Phi) is 4.76. The average Bonchev–Trinajstić information content (AvgIpc) is 2.96. The van der Waals surface area contributed by atoms with Crippen molar-refractivity contribution < 1.29 is 19.6 Å². The van der Waals surface area contributed by atoms with Crippen LogP contribution in [0.15, 0.2) is 65.1 Å². The van der Waals surface area contributed by atoms with Crippen molar-refractivity contribution in [3.8, 4) is 0 Å². The number of benzene rings is 2. The number of aliphatic hydroxyl groups is 1. The van der Waals surface area contributed by atoms with E-state index in [0.29, 0.717) is 4.47 Å². The molecule has 122 valence electrons. The number of esters is 1. The van der Waals surface area contributed by atoms with Crippen molar-refractivity contribution in [1.29, 1.82) is 0 Å². The number of para-hydroxylation sites is 1. The van der Waals surface area contributed by atoms with Crippen molar-refractivity contribution >= 4 is 31.1 Å². The second-order valence-electron chi connectivity index (χ2n) is 5.08. The first kappa shape index (κ1) is 16.4. The molecule has 2 atom stereocenters. The summed E-state index contributed by atoms with van der Waals surface area (Å²) in [6.07, 6.45) is -0.629. The summed E-state index contributed by atoms with van der Waals surface area (Å²) >= 11 is -0.241. The number of cyclic esters (lactones) is 1. The van der Waals surface area contributed by atoms with Gasteiger partial charge >= 0.3 is 144 Å². The molecule has 24 heavy (non-hydrogen) atoms. The monoisotopic (exact) mass is 391 g/mol. The summed E-state index contributed by atoms with van der Waals surface area (Å²) < 4.78 is 6.71. The third-order valence-corrected chi connectivity index (χ3v) is 5.66. The van der Waals surface area contributed by atoms with E-state index in [1.165, 1.54) is 18.2 Å². The van der Waals surface area contributed by atoms with Crippen LogP contribution < -0.4 is 4.46 Å². The molecule has 6 nitrogen and oxygen atoms in total. The van der Waals surface area contributed by atoms with Gasteiger partial charge in [-0.05, 0) is 0 Å². The predicted molar refractivity (Wildman–Crippen MR) is 87.8 cm³/mol. The summed E-state index contributed by atoms with van der Waals surface area (Å²) in [7, 11) is 0. The number of nitro benzene ring substituents is 1. The number of aliphatic hydroxyl groups excluding tert-OH is 1. The molecular weight excluding hydrogens is 377 g/mol. The fourth-order valence-corrected chi connectivity index (χ4v) is 4.21. The Morgan fingerprint density at radius 2 is 1.79 bits per heavy atom. The van der Waals surface area contributed by atoms with Gasteiger partial charge in [-0.15, -0.1) is 0 Å². The molecule has 0 saturated carbocycles. The molecular formula is C17H13NO5Se. The summed E-state index contributed by atoms with van der Waals surface area (Å²) in [6.45, 7) is 0. The molecule has 0 spiro atoms. The first-order valence-corrected chi connectivity index (χ1v) is 8.84. The van der Waals surface area contributed by atoms with Gasteiger partial charge < -0.3 is 0 Å². The number of carbonyl (C=O) groups is 1. The molecule has 1 aliphatic rings. The van der Waals surface area contributed by atoms with E-state index in [-0.39, 0.29) is 26.2 Å². The van der Waals surface area contributed by atoms with E-state index in [1.54, 1.807) is 12.1 Å². The fraction of sp³-hybridized carbons (Fsp3) is 0.118. The van der Waals surface area contributed by atoms with E-state index in [0.717, 1.165) is 4.46 Å². The van der Waals surface area contributed by atoms with Crippen molar-refractivity contribution in [3.05, 3.63) is 80.8 Å². The number of carbonyl (C=O) groups excluding carboxylic acids is 1. The number of hydrogen-bond donors (Lipinski definition) is 1. The van der Waals surface area contributed by atoms with E-state index in [9.17, 15) is 20.0 Å². The molecule has 3 rings (SSSR count). The van der Waals surface area contributed by atoms with Crippen LogP contribution in [-0.2, 0) is 9.53 Å². The zero-order chi connectivity index (χ0) is 17.1. The summed E-state index contributed by atoms with van der Waals surface area (Å²) in [4.78, 5) is 22.5. The van der Waals surface area contributed by atoms with E-state index >= 15 is 0 Å². The van der Waals surface area contributed by atoms with Crippen LogP contribution in [0.3, 0.4) is 0 Å². The van der Waals surface area contributed by atoms with E-state index in [1.807, 2.05) is 30.3 Å². The van der Waals surface area contributed by atoms with Gasteiger partial charge in [0.1, 0.15) is 0 Å². The minimum absolute atomic E-state index is 0.130. The maximum atomic E-state index is 12.0. The van der Waals surface area contributed by atoms with Crippen LogP contribution in [0.2, 0.25) is 0 Å². The Labute approximate surface area is 144 Å². The van der Waals surface area contributed by atoms with Crippen molar-refractivity contribution in [2.24, 2.45) is 0 Å². The number of nitro groups is 1. The van der Waals surface area contributed by atoms with Gasteiger partial charge in [0.15, 0.2) is 0 Å². The number of nitrogens with zero attached hydrogens (tertiary/aromatic N) is 1. The Hall–Kier alpha value is -2.47. The van der Waals surface area contributed by atoms with E-state index in [4.69, 9.17) is 4.74 Å².